The van der Waals surface area contributed by atoms with Gasteiger partial charge in [-0.05, 0) is 51.8 Å². The van der Waals surface area contributed by atoms with Crippen molar-refractivity contribution >= 4 is 11.6 Å². The van der Waals surface area contributed by atoms with Crippen LogP contribution in [0, 0.1) is 13.8 Å². The number of anilines is 1. The van der Waals surface area contributed by atoms with Crippen LogP contribution in [0.5, 0.6) is 11.5 Å². The smallest absolute Gasteiger partial charge is 0.268 e. The monoisotopic (exact) mass is 384 g/mol. The molecule has 0 saturated heterocycles. The first kappa shape index (κ1) is 20.2. The molecule has 3 rings (SSSR count). The van der Waals surface area contributed by atoms with Gasteiger partial charge in [0.25, 0.3) is 5.91 Å². The number of hydrogen-bond donors (Lipinski definition) is 4. The summed E-state index contributed by atoms with van der Waals surface area (Å²) in [6, 6.07) is 10.9. The number of aryl methyl sites for hydroxylation is 2. The Balaban J connectivity index is 1.61. The van der Waals surface area contributed by atoms with Crippen molar-refractivity contribution in [1.82, 2.24) is 5.32 Å². The van der Waals surface area contributed by atoms with Gasteiger partial charge in [-0.1, -0.05) is 29.3 Å². The zero-order chi connectivity index (χ0) is 20.5. The number of carbonyl (C=O) groups excluding carboxylic acids is 1. The molecule has 2 aromatic carbocycles. The van der Waals surface area contributed by atoms with Gasteiger partial charge in [0.15, 0.2) is 0 Å². The fraction of sp³-hybridized carbons (Fsp3) is 0.409. The lowest BCUT2D eigenvalue weighted by Crippen LogP contribution is -2.53. The first-order valence-electron chi connectivity index (χ1n) is 9.44. The number of carbonyl (C=O) groups is 1. The van der Waals surface area contributed by atoms with Gasteiger partial charge in [0.1, 0.15) is 17.6 Å². The van der Waals surface area contributed by atoms with Crippen LogP contribution in [0.25, 0.3) is 0 Å². The minimum Gasteiger partial charge on any atom is -0.508 e. The highest BCUT2D eigenvalue weighted by Gasteiger charge is 2.34. The average molecular weight is 384 g/mol. The fourth-order valence-electron chi connectivity index (χ4n) is 3.60. The molecule has 0 fully saturated rings. The number of ether oxygens (including phenoxy) is 1. The predicted molar refractivity (Wildman–Crippen MR) is 109 cm³/mol. The molecule has 0 saturated carbocycles. The highest BCUT2D eigenvalue weighted by molar-refractivity contribution is 5.98. The standard InChI is InChI=1S/C22H28N2O4/c1-13-7-14(2)9-15(8-13)11-22(3,4)23-12-18(26)20-21(27)24-17-10-16(25)5-6-19(17)28-20/h5-10,18,20,23,25-26H,11-12H2,1-4H3,(H,24,27). The largest absolute Gasteiger partial charge is 0.508 e. The van der Waals surface area contributed by atoms with Crippen LogP contribution in [0.4, 0.5) is 5.69 Å². The van der Waals surface area contributed by atoms with E-state index in [-0.39, 0.29) is 17.8 Å². The van der Waals surface area contributed by atoms with E-state index < -0.39 is 18.1 Å². The third-order valence-electron chi connectivity index (χ3n) is 4.80. The lowest BCUT2D eigenvalue weighted by Gasteiger charge is -2.32. The van der Waals surface area contributed by atoms with Crippen molar-refractivity contribution in [2.45, 2.75) is 51.9 Å². The number of nitrogens with one attached hydrogen (secondary N) is 2. The highest BCUT2D eigenvalue weighted by atomic mass is 16.5. The number of hydrogen-bond acceptors (Lipinski definition) is 5. The average Bonchev–Trinajstić information content (AvgIpc) is 2.57. The molecule has 1 heterocycles. The van der Waals surface area contributed by atoms with E-state index in [1.165, 1.54) is 28.8 Å². The number of phenols is 1. The molecule has 0 aliphatic carbocycles. The SMILES string of the molecule is Cc1cc(C)cc(CC(C)(C)NCC(O)C2Oc3ccc(O)cc3NC2=O)c1. The van der Waals surface area contributed by atoms with Crippen molar-refractivity contribution in [2.24, 2.45) is 0 Å². The molecule has 0 spiro atoms. The fourth-order valence-corrected chi connectivity index (χ4v) is 3.60. The second-order valence-electron chi connectivity index (χ2n) is 8.21. The van der Waals surface area contributed by atoms with Gasteiger partial charge in [0.05, 0.1) is 5.69 Å². The van der Waals surface area contributed by atoms with Crippen LogP contribution in [-0.2, 0) is 11.2 Å². The van der Waals surface area contributed by atoms with Crippen molar-refractivity contribution in [2.75, 3.05) is 11.9 Å². The number of β-amino-alcohol motifs (C(OH)–C–C–N with tert-alkyl or cyclic N) is 1. The Morgan fingerprint density at radius 1 is 1.18 bits per heavy atom. The van der Waals surface area contributed by atoms with Crippen LogP contribution in [0.2, 0.25) is 0 Å². The van der Waals surface area contributed by atoms with Crippen LogP contribution >= 0.6 is 0 Å². The molecule has 0 bridgehead atoms. The van der Waals surface area contributed by atoms with Crippen LogP contribution in [-0.4, -0.2) is 40.4 Å². The molecule has 6 heteroatoms. The van der Waals surface area contributed by atoms with Crippen molar-refractivity contribution in [1.29, 1.82) is 0 Å². The van der Waals surface area contributed by atoms with Crippen molar-refractivity contribution in [3.8, 4) is 11.5 Å². The van der Waals surface area contributed by atoms with Gasteiger partial charge in [-0.2, -0.15) is 0 Å². The van der Waals surface area contributed by atoms with E-state index in [1.807, 2.05) is 0 Å². The minimum absolute atomic E-state index is 0.0384. The van der Waals surface area contributed by atoms with Gasteiger partial charge >= 0.3 is 0 Å². The molecular weight excluding hydrogens is 356 g/mol. The maximum atomic E-state index is 12.3. The summed E-state index contributed by atoms with van der Waals surface area (Å²) in [6.07, 6.45) is -1.23. The van der Waals surface area contributed by atoms with Crippen molar-refractivity contribution in [3.05, 3.63) is 53.1 Å². The van der Waals surface area contributed by atoms with Crippen molar-refractivity contribution < 1.29 is 19.7 Å². The number of phenolic OH excluding ortho intramolecular Hbond substituents is 1. The quantitative estimate of drug-likeness (QED) is 0.615. The van der Waals surface area contributed by atoms with E-state index in [2.05, 4.69) is 56.5 Å². The third-order valence-corrected chi connectivity index (χ3v) is 4.80. The minimum atomic E-state index is -1.01. The van der Waals surface area contributed by atoms with Crippen LogP contribution in [0.3, 0.4) is 0 Å². The first-order valence-corrected chi connectivity index (χ1v) is 9.44. The van der Waals surface area contributed by atoms with Gasteiger partial charge in [0, 0.05) is 18.2 Å². The summed E-state index contributed by atoms with van der Waals surface area (Å²) in [4.78, 5) is 12.3. The second kappa shape index (κ2) is 7.81. The summed E-state index contributed by atoms with van der Waals surface area (Å²) in [5.41, 5.74) is 3.81. The Morgan fingerprint density at radius 3 is 2.54 bits per heavy atom. The van der Waals surface area contributed by atoms with Crippen LogP contribution < -0.4 is 15.4 Å². The first-order chi connectivity index (χ1) is 13.1. The van der Waals surface area contributed by atoms with E-state index in [0.29, 0.717) is 11.4 Å². The maximum Gasteiger partial charge on any atom is 0.268 e. The Kier molecular flexibility index (Phi) is 5.63. The van der Waals surface area contributed by atoms with Crippen LogP contribution in [0.15, 0.2) is 36.4 Å². The molecule has 0 aromatic heterocycles. The second-order valence-corrected chi connectivity index (χ2v) is 8.21. The zero-order valence-electron chi connectivity index (χ0n) is 16.7. The predicted octanol–water partition coefficient (Wildman–Crippen LogP) is 2.68. The summed E-state index contributed by atoms with van der Waals surface area (Å²) in [5, 5.41) is 26.1. The van der Waals surface area contributed by atoms with Crippen LogP contribution in [0.1, 0.15) is 30.5 Å². The number of benzene rings is 2. The number of amides is 1. The Hall–Kier alpha value is -2.57. The molecule has 1 aliphatic rings. The molecule has 2 atom stereocenters. The van der Waals surface area contributed by atoms with E-state index in [4.69, 9.17) is 4.74 Å². The number of fused-ring (bicyclic) bond motifs is 1. The number of aliphatic hydroxyl groups excluding tert-OH is 1. The van der Waals surface area contributed by atoms with E-state index in [9.17, 15) is 15.0 Å². The number of aliphatic hydroxyl groups is 1. The molecule has 6 nitrogen and oxygen atoms in total. The summed E-state index contributed by atoms with van der Waals surface area (Å²) in [7, 11) is 0. The van der Waals surface area contributed by atoms with Gasteiger partial charge in [-0.25, -0.2) is 0 Å². The van der Waals surface area contributed by atoms with E-state index >= 15 is 0 Å². The van der Waals surface area contributed by atoms with Gasteiger partial charge < -0.3 is 25.6 Å². The van der Waals surface area contributed by atoms with Gasteiger partial charge in [0.2, 0.25) is 6.10 Å². The van der Waals surface area contributed by atoms with Gasteiger partial charge in [-0.15, -0.1) is 0 Å². The molecule has 28 heavy (non-hydrogen) atoms. The summed E-state index contributed by atoms with van der Waals surface area (Å²) >= 11 is 0. The molecule has 0 radical (unpaired) electrons. The Morgan fingerprint density at radius 2 is 1.86 bits per heavy atom. The zero-order valence-corrected chi connectivity index (χ0v) is 16.7. The Bertz CT molecular complexity index is 859. The highest BCUT2D eigenvalue weighted by Crippen LogP contribution is 2.33. The molecule has 150 valence electrons. The Labute approximate surface area is 165 Å². The topological polar surface area (TPSA) is 90.8 Å². The molecule has 2 unspecified atom stereocenters. The van der Waals surface area contributed by atoms with Crippen molar-refractivity contribution in [3.63, 3.8) is 0 Å². The van der Waals surface area contributed by atoms with E-state index in [1.54, 1.807) is 6.07 Å². The maximum absolute atomic E-state index is 12.3. The number of rotatable bonds is 6. The number of aromatic hydroxyl groups is 1. The molecule has 1 amide bonds. The molecule has 1 aliphatic heterocycles. The molecule has 2 aromatic rings. The molecular formula is C22H28N2O4. The van der Waals surface area contributed by atoms with Gasteiger partial charge in [-0.3, -0.25) is 4.79 Å². The summed E-state index contributed by atoms with van der Waals surface area (Å²) < 4.78 is 5.66. The summed E-state index contributed by atoms with van der Waals surface area (Å²) in [6.45, 7) is 8.51. The summed E-state index contributed by atoms with van der Waals surface area (Å²) in [5.74, 6) is 0.0342. The van der Waals surface area contributed by atoms with E-state index in [0.717, 1.165) is 6.42 Å². The molecule has 4 N–H and O–H groups in total. The third kappa shape index (κ3) is 4.82. The normalized spacial score (nSPS) is 17.5. The lowest BCUT2D eigenvalue weighted by atomic mass is 9.92. The lowest BCUT2D eigenvalue weighted by molar-refractivity contribution is -0.128.